The van der Waals surface area contributed by atoms with Gasteiger partial charge in [0, 0.05) is 23.8 Å². The summed E-state index contributed by atoms with van der Waals surface area (Å²) in [5.74, 6) is 0.474. The lowest BCUT2D eigenvalue weighted by molar-refractivity contribution is 0.184. The number of hydroxylamine groups is 1. The van der Waals surface area contributed by atoms with Crippen molar-refractivity contribution < 1.29 is 9.63 Å². The standard InChI is InChI=1S/C14H13ClN2O2/c1-17(12-7-3-2-4-8-12)14(18)16-19-13-9-5-6-11(15)10-13/h2-10H,1H3,(H,16,18). The summed E-state index contributed by atoms with van der Waals surface area (Å²) < 4.78 is 0. The molecule has 0 aromatic heterocycles. The second-order valence-electron chi connectivity index (χ2n) is 3.86. The number of amides is 2. The normalized spacial score (nSPS) is 9.79. The molecule has 2 aromatic carbocycles. The summed E-state index contributed by atoms with van der Waals surface area (Å²) in [6.07, 6.45) is 0. The molecule has 2 aromatic rings. The molecule has 0 bridgehead atoms. The van der Waals surface area contributed by atoms with E-state index in [9.17, 15) is 4.79 Å². The number of benzene rings is 2. The number of hydrogen-bond donors (Lipinski definition) is 1. The average Bonchev–Trinajstić information content (AvgIpc) is 2.45. The number of carbonyl (C=O) groups excluding carboxylic acids is 1. The van der Waals surface area contributed by atoms with Crippen LogP contribution in [0.3, 0.4) is 0 Å². The van der Waals surface area contributed by atoms with Gasteiger partial charge in [0.05, 0.1) is 0 Å². The van der Waals surface area contributed by atoms with Crippen LogP contribution in [-0.4, -0.2) is 13.1 Å². The first-order valence-electron chi connectivity index (χ1n) is 5.68. The summed E-state index contributed by atoms with van der Waals surface area (Å²) >= 11 is 5.82. The zero-order chi connectivity index (χ0) is 13.7. The number of nitrogens with one attached hydrogen (secondary N) is 1. The van der Waals surface area contributed by atoms with Crippen LogP contribution in [0.1, 0.15) is 0 Å². The first-order valence-corrected chi connectivity index (χ1v) is 6.06. The van der Waals surface area contributed by atoms with Crippen molar-refractivity contribution >= 4 is 23.3 Å². The van der Waals surface area contributed by atoms with E-state index in [1.165, 1.54) is 4.90 Å². The molecule has 0 saturated carbocycles. The number of para-hydroxylation sites is 1. The van der Waals surface area contributed by atoms with Gasteiger partial charge in [0.2, 0.25) is 0 Å². The highest BCUT2D eigenvalue weighted by Crippen LogP contribution is 2.16. The molecular formula is C14H13ClN2O2. The number of halogens is 1. The zero-order valence-electron chi connectivity index (χ0n) is 10.3. The van der Waals surface area contributed by atoms with E-state index in [1.54, 1.807) is 31.3 Å². The summed E-state index contributed by atoms with van der Waals surface area (Å²) in [5, 5.41) is 0.545. The Labute approximate surface area is 116 Å². The highest BCUT2D eigenvalue weighted by Gasteiger charge is 2.10. The maximum absolute atomic E-state index is 11.9. The number of nitrogens with zero attached hydrogens (tertiary/aromatic N) is 1. The summed E-state index contributed by atoms with van der Waals surface area (Å²) in [5.41, 5.74) is 3.13. The van der Waals surface area contributed by atoms with Crippen LogP contribution in [-0.2, 0) is 0 Å². The minimum absolute atomic E-state index is 0.369. The second-order valence-corrected chi connectivity index (χ2v) is 4.30. The van der Waals surface area contributed by atoms with Gasteiger partial charge in [0.15, 0.2) is 5.75 Å². The minimum atomic E-state index is -0.369. The number of hydrogen-bond acceptors (Lipinski definition) is 2. The molecule has 2 amide bonds. The fourth-order valence-corrected chi connectivity index (χ4v) is 1.65. The molecule has 98 valence electrons. The van der Waals surface area contributed by atoms with Crippen molar-refractivity contribution in [3.63, 3.8) is 0 Å². The summed E-state index contributed by atoms with van der Waals surface area (Å²) in [7, 11) is 1.66. The maximum Gasteiger partial charge on any atom is 0.354 e. The Kier molecular flexibility index (Phi) is 4.26. The molecule has 0 saturated heterocycles. The van der Waals surface area contributed by atoms with Crippen molar-refractivity contribution in [3.05, 3.63) is 59.6 Å². The van der Waals surface area contributed by atoms with Crippen LogP contribution in [0.15, 0.2) is 54.6 Å². The number of carbonyl (C=O) groups is 1. The molecule has 19 heavy (non-hydrogen) atoms. The van der Waals surface area contributed by atoms with Crippen LogP contribution in [0.2, 0.25) is 5.02 Å². The van der Waals surface area contributed by atoms with Gasteiger partial charge < -0.3 is 4.84 Å². The summed E-state index contributed by atoms with van der Waals surface area (Å²) in [6.45, 7) is 0. The van der Waals surface area contributed by atoms with Gasteiger partial charge >= 0.3 is 6.03 Å². The van der Waals surface area contributed by atoms with E-state index in [4.69, 9.17) is 16.4 Å². The fourth-order valence-electron chi connectivity index (χ4n) is 1.47. The Morgan fingerprint density at radius 3 is 2.58 bits per heavy atom. The van der Waals surface area contributed by atoms with Gasteiger partial charge in [-0.1, -0.05) is 35.9 Å². The molecule has 0 aliphatic carbocycles. The van der Waals surface area contributed by atoms with Crippen LogP contribution in [0, 0.1) is 0 Å². The van der Waals surface area contributed by atoms with Crippen molar-refractivity contribution in [1.82, 2.24) is 5.48 Å². The third kappa shape index (κ3) is 3.63. The SMILES string of the molecule is CN(C(=O)NOc1cccc(Cl)c1)c1ccccc1. The van der Waals surface area contributed by atoms with E-state index >= 15 is 0 Å². The summed E-state index contributed by atoms with van der Waals surface area (Å²) in [6, 6.07) is 15.7. The molecule has 0 unspecified atom stereocenters. The molecule has 0 radical (unpaired) electrons. The van der Waals surface area contributed by atoms with E-state index in [-0.39, 0.29) is 6.03 Å². The Hall–Kier alpha value is -2.20. The van der Waals surface area contributed by atoms with Crippen LogP contribution in [0.5, 0.6) is 5.75 Å². The van der Waals surface area contributed by atoms with Crippen LogP contribution in [0.4, 0.5) is 10.5 Å². The molecule has 1 N–H and O–H groups in total. The van der Waals surface area contributed by atoms with Crippen LogP contribution >= 0.6 is 11.6 Å². The van der Waals surface area contributed by atoms with Crippen molar-refractivity contribution in [2.75, 3.05) is 11.9 Å². The molecule has 0 aliphatic rings. The molecule has 0 atom stereocenters. The van der Waals surface area contributed by atoms with E-state index < -0.39 is 0 Å². The van der Waals surface area contributed by atoms with Crippen molar-refractivity contribution in [3.8, 4) is 5.75 Å². The second kappa shape index (κ2) is 6.11. The number of urea groups is 1. The largest absolute Gasteiger partial charge is 0.378 e. The highest BCUT2D eigenvalue weighted by molar-refractivity contribution is 6.30. The number of rotatable bonds is 3. The Bertz CT molecular complexity index is 560. The lowest BCUT2D eigenvalue weighted by Crippen LogP contribution is -2.39. The third-order valence-corrected chi connectivity index (χ3v) is 2.74. The number of anilines is 1. The van der Waals surface area contributed by atoms with Crippen molar-refractivity contribution in [2.24, 2.45) is 0 Å². The Morgan fingerprint density at radius 1 is 1.16 bits per heavy atom. The van der Waals surface area contributed by atoms with Gasteiger partial charge in [-0.3, -0.25) is 4.90 Å². The lowest BCUT2D eigenvalue weighted by atomic mass is 10.3. The van der Waals surface area contributed by atoms with Gasteiger partial charge in [-0.15, -0.1) is 0 Å². The van der Waals surface area contributed by atoms with Crippen molar-refractivity contribution in [1.29, 1.82) is 0 Å². The van der Waals surface area contributed by atoms with Crippen molar-refractivity contribution in [2.45, 2.75) is 0 Å². The molecule has 0 spiro atoms. The van der Waals surface area contributed by atoms with Gasteiger partial charge in [0.25, 0.3) is 0 Å². The molecular weight excluding hydrogens is 264 g/mol. The van der Waals surface area contributed by atoms with Gasteiger partial charge in [0.1, 0.15) is 0 Å². The van der Waals surface area contributed by atoms with E-state index in [0.717, 1.165) is 5.69 Å². The predicted octanol–water partition coefficient (Wildman–Crippen LogP) is 3.48. The third-order valence-electron chi connectivity index (χ3n) is 2.50. The minimum Gasteiger partial charge on any atom is -0.378 e. The van der Waals surface area contributed by atoms with Gasteiger partial charge in [-0.05, 0) is 24.3 Å². The molecule has 2 rings (SSSR count). The quantitative estimate of drug-likeness (QED) is 0.872. The molecule has 0 fully saturated rings. The van der Waals surface area contributed by atoms with E-state index in [2.05, 4.69) is 5.48 Å². The Balaban J connectivity index is 1.95. The smallest absolute Gasteiger partial charge is 0.354 e. The molecule has 5 heteroatoms. The van der Waals surface area contributed by atoms with E-state index in [1.807, 2.05) is 30.3 Å². The maximum atomic E-state index is 11.9. The Morgan fingerprint density at radius 2 is 1.89 bits per heavy atom. The highest BCUT2D eigenvalue weighted by atomic mass is 35.5. The predicted molar refractivity (Wildman–Crippen MR) is 75.5 cm³/mol. The monoisotopic (exact) mass is 276 g/mol. The first-order chi connectivity index (χ1) is 9.16. The van der Waals surface area contributed by atoms with Crippen LogP contribution in [0.25, 0.3) is 0 Å². The van der Waals surface area contributed by atoms with Gasteiger partial charge in [-0.25, -0.2) is 4.79 Å². The molecule has 4 nitrogen and oxygen atoms in total. The fraction of sp³-hybridized carbons (Fsp3) is 0.0714. The topological polar surface area (TPSA) is 41.6 Å². The first kappa shape index (κ1) is 13.2. The average molecular weight is 277 g/mol. The molecule has 0 heterocycles. The van der Waals surface area contributed by atoms with Gasteiger partial charge in [-0.2, -0.15) is 5.48 Å². The summed E-state index contributed by atoms with van der Waals surface area (Å²) in [4.78, 5) is 18.5. The zero-order valence-corrected chi connectivity index (χ0v) is 11.1. The molecule has 0 aliphatic heterocycles. The lowest BCUT2D eigenvalue weighted by Gasteiger charge is -2.17. The van der Waals surface area contributed by atoms with E-state index in [0.29, 0.717) is 10.8 Å². The van der Waals surface area contributed by atoms with Crippen LogP contribution < -0.4 is 15.2 Å².